The summed E-state index contributed by atoms with van der Waals surface area (Å²) in [5.74, 6) is 5.07. The molecule has 4 unspecified atom stereocenters. The molecule has 0 aromatic heterocycles. The van der Waals surface area contributed by atoms with Crippen LogP contribution in [0.4, 0.5) is 0 Å². The van der Waals surface area contributed by atoms with Crippen molar-refractivity contribution < 1.29 is 4.79 Å². The average Bonchev–Trinajstić information content (AvgIpc) is 3.00. The molecule has 0 fully saturated rings. The van der Waals surface area contributed by atoms with E-state index in [1.54, 1.807) is 0 Å². The quantitative estimate of drug-likeness (QED) is 0.0374. The molecule has 0 heterocycles. The third-order valence-electron chi connectivity index (χ3n) is 6.01. The molecule has 4 atom stereocenters. The van der Waals surface area contributed by atoms with Gasteiger partial charge in [0, 0.05) is 22.2 Å². The Balaban J connectivity index is -0.000000107. The molecule has 0 aliphatic heterocycles. The van der Waals surface area contributed by atoms with Crippen LogP contribution < -0.4 is 11.3 Å². The first-order valence-corrected chi connectivity index (χ1v) is 16.5. The van der Waals surface area contributed by atoms with Crippen LogP contribution in [0.15, 0.2) is 135 Å². The zero-order valence-corrected chi connectivity index (χ0v) is 34.1. The minimum atomic E-state index is -0.218. The fourth-order valence-electron chi connectivity index (χ4n) is 2.32. The number of nitrogens with one attached hydrogen (secondary N) is 1. The Morgan fingerprint density at radius 1 is 0.565 bits per heavy atom. The van der Waals surface area contributed by atoms with E-state index in [1.807, 2.05) is 95.6 Å². The van der Waals surface area contributed by atoms with Gasteiger partial charge in [0.1, 0.15) is 0 Å². The first-order valence-electron chi connectivity index (χ1n) is 15.1. The predicted octanol–water partition coefficient (Wildman–Crippen LogP) is 12.0. The second-order valence-electron chi connectivity index (χ2n) is 11.3. The van der Waals surface area contributed by atoms with E-state index in [2.05, 4.69) is 131 Å². The highest BCUT2D eigenvalue weighted by Crippen LogP contribution is 2.27. The number of allylic oxidation sites excluding steroid dienone is 14. The molecule has 0 saturated heterocycles. The van der Waals surface area contributed by atoms with Crippen LogP contribution in [0.2, 0.25) is 0 Å². The summed E-state index contributed by atoms with van der Waals surface area (Å²) in [5.41, 5.74) is 9.06. The minimum absolute atomic E-state index is 0.194. The van der Waals surface area contributed by atoms with Crippen LogP contribution in [-0.2, 0) is 4.79 Å². The summed E-state index contributed by atoms with van der Waals surface area (Å²) in [7, 11) is 0. The number of carbonyl (C=O) groups excluding carboxylic acids is 1. The summed E-state index contributed by atoms with van der Waals surface area (Å²) in [4.78, 5) is 9.58. The van der Waals surface area contributed by atoms with E-state index in [0.717, 1.165) is 0 Å². The topological polar surface area (TPSA) is 55.1 Å². The van der Waals surface area contributed by atoms with Crippen molar-refractivity contribution in [3.05, 3.63) is 135 Å². The van der Waals surface area contributed by atoms with E-state index < -0.39 is 0 Å². The van der Waals surface area contributed by atoms with E-state index in [4.69, 9.17) is 0 Å². The number of nitrogens with two attached hydrogens (primary N) is 1. The average molecular weight is 691 g/mol. The van der Waals surface area contributed by atoms with Gasteiger partial charge < -0.3 is 0 Å². The van der Waals surface area contributed by atoms with Gasteiger partial charge in [-0.1, -0.05) is 123 Å². The number of rotatable bonds is 11. The molecule has 0 aliphatic rings. The van der Waals surface area contributed by atoms with Gasteiger partial charge in [0.2, 0.25) is 5.91 Å². The molecule has 0 saturated carbocycles. The molecule has 264 valence electrons. The lowest BCUT2D eigenvalue weighted by atomic mass is 9.87. The molecule has 3 N–H and O–H groups in total. The number of hydrogen-bond donors (Lipinski definition) is 5. The summed E-state index contributed by atoms with van der Waals surface area (Å²) in [6, 6.07) is 0. The molecular weight excluding hydrogens is 621 g/mol. The Bertz CT molecular complexity index is 867. The van der Waals surface area contributed by atoms with Crippen LogP contribution in [0.5, 0.6) is 0 Å². The Hall–Kier alpha value is -2.38. The molecular formula is C40H70N2OS3. The fraction of sp³-hybridized carbons (Fsp3) is 0.425. The summed E-state index contributed by atoms with van der Waals surface area (Å²) in [6.45, 7) is 53.1. The summed E-state index contributed by atoms with van der Waals surface area (Å²) in [5, 5.41) is 0.611. The molecule has 0 spiro atoms. The van der Waals surface area contributed by atoms with E-state index >= 15 is 0 Å². The van der Waals surface area contributed by atoms with Gasteiger partial charge in [-0.25, -0.2) is 5.84 Å². The summed E-state index contributed by atoms with van der Waals surface area (Å²) >= 11 is 12.9. The van der Waals surface area contributed by atoms with Crippen LogP contribution in [0.3, 0.4) is 0 Å². The van der Waals surface area contributed by atoms with Crippen molar-refractivity contribution in [2.75, 3.05) is 0 Å². The molecule has 0 aliphatic carbocycles. The lowest BCUT2D eigenvalue weighted by Gasteiger charge is -2.26. The van der Waals surface area contributed by atoms with Crippen LogP contribution in [-0.4, -0.2) is 21.2 Å². The van der Waals surface area contributed by atoms with Crippen molar-refractivity contribution in [2.24, 2.45) is 17.7 Å². The SMILES string of the molecule is C=C/C(C)=C(/C)C=C.C=C/C(C)=C(/C)C=C.C=C/C(C)=C(/C)C=C.C=CC(C(C)S)C(C=C)C(C)S.CC(=O)NN.CC(C)(C)S. The standard InChI is InChI=1S/C10H18S2.3C8H12.C4H10S.C2H6N2O/c1-5-9(7(3)11)10(6-2)8(4)12;3*1-5-7(3)8(4)6-2;1-4(2,3)5;1-2(5)4-3/h5-12H,1-2H2,3-4H3;3*5-6H,1-2H2,3-4H3;5H,1-3H3;3H2,1H3,(H,4,5)/b;3*8-7-;;. The number of hydrogen-bond acceptors (Lipinski definition) is 5. The number of thiol groups is 3. The third kappa shape index (κ3) is 43.7. The molecule has 6 heteroatoms. The third-order valence-corrected chi connectivity index (χ3v) is 6.70. The second kappa shape index (κ2) is 35.5. The Morgan fingerprint density at radius 3 is 0.739 bits per heavy atom. The fourth-order valence-corrected chi connectivity index (χ4v) is 2.96. The van der Waals surface area contributed by atoms with Gasteiger partial charge in [-0.2, -0.15) is 37.9 Å². The summed E-state index contributed by atoms with van der Waals surface area (Å²) in [6.07, 6.45) is 14.9. The highest BCUT2D eigenvalue weighted by atomic mass is 32.1. The van der Waals surface area contributed by atoms with Gasteiger partial charge in [-0.05, 0) is 86.8 Å². The molecule has 46 heavy (non-hydrogen) atoms. The molecule has 1 amide bonds. The largest absolute Gasteiger partial charge is 0.295 e. The molecule has 0 aromatic carbocycles. The Morgan fingerprint density at radius 2 is 0.696 bits per heavy atom. The van der Waals surface area contributed by atoms with Crippen molar-refractivity contribution >= 4 is 43.8 Å². The highest BCUT2D eigenvalue weighted by molar-refractivity contribution is 7.81. The lowest BCUT2D eigenvalue weighted by molar-refractivity contribution is -0.119. The van der Waals surface area contributed by atoms with Gasteiger partial charge in [0.15, 0.2) is 0 Å². The van der Waals surface area contributed by atoms with Crippen molar-refractivity contribution in [1.82, 2.24) is 5.43 Å². The minimum Gasteiger partial charge on any atom is -0.295 e. The van der Waals surface area contributed by atoms with Crippen LogP contribution in [0, 0.1) is 11.8 Å². The van der Waals surface area contributed by atoms with Crippen molar-refractivity contribution in [3.8, 4) is 0 Å². The van der Waals surface area contributed by atoms with E-state index in [-0.39, 0.29) is 10.7 Å². The predicted molar refractivity (Wildman–Crippen MR) is 227 cm³/mol. The van der Waals surface area contributed by atoms with Crippen LogP contribution in [0.1, 0.15) is 83.1 Å². The first kappa shape index (κ1) is 56.0. The van der Waals surface area contributed by atoms with Crippen molar-refractivity contribution in [1.29, 1.82) is 0 Å². The smallest absolute Gasteiger partial charge is 0.230 e. The highest BCUT2D eigenvalue weighted by Gasteiger charge is 2.22. The van der Waals surface area contributed by atoms with Crippen molar-refractivity contribution in [3.63, 3.8) is 0 Å². The zero-order valence-electron chi connectivity index (χ0n) is 31.4. The number of hydrazine groups is 1. The van der Waals surface area contributed by atoms with Gasteiger partial charge in [0.05, 0.1) is 0 Å². The maximum Gasteiger partial charge on any atom is 0.230 e. The first-order chi connectivity index (χ1) is 21.0. The van der Waals surface area contributed by atoms with Gasteiger partial charge in [-0.3, -0.25) is 10.2 Å². The van der Waals surface area contributed by atoms with Gasteiger partial charge in [0.25, 0.3) is 0 Å². The van der Waals surface area contributed by atoms with E-state index in [9.17, 15) is 4.79 Å². The van der Waals surface area contributed by atoms with Crippen LogP contribution >= 0.6 is 37.9 Å². The normalized spacial score (nSPS) is 13.8. The number of carbonyl (C=O) groups is 1. The van der Waals surface area contributed by atoms with Crippen molar-refractivity contribution in [2.45, 2.75) is 98.3 Å². The second-order valence-corrected chi connectivity index (χ2v) is 14.3. The van der Waals surface area contributed by atoms with E-state index in [0.29, 0.717) is 22.3 Å². The summed E-state index contributed by atoms with van der Waals surface area (Å²) < 4.78 is 0.194. The Kier molecular flexibility index (Phi) is 43.2. The molecule has 0 bridgehead atoms. The maximum atomic E-state index is 9.58. The molecule has 0 radical (unpaired) electrons. The maximum absolute atomic E-state index is 9.58. The molecule has 0 rings (SSSR count). The molecule has 3 nitrogen and oxygen atoms in total. The lowest BCUT2D eigenvalue weighted by Crippen LogP contribution is -2.26. The van der Waals surface area contributed by atoms with Gasteiger partial charge >= 0.3 is 0 Å². The Labute approximate surface area is 303 Å². The van der Waals surface area contributed by atoms with Gasteiger partial charge in [-0.15, -0.1) is 13.2 Å². The monoisotopic (exact) mass is 690 g/mol. The number of amides is 1. The van der Waals surface area contributed by atoms with Crippen LogP contribution in [0.25, 0.3) is 0 Å². The zero-order chi connectivity index (χ0) is 38.2. The molecule has 0 aromatic rings. The van der Waals surface area contributed by atoms with E-state index in [1.165, 1.54) is 40.4 Å².